The number of nitrogens with one attached hydrogen (secondary N) is 1. The monoisotopic (exact) mass is 301 g/mol. The summed E-state index contributed by atoms with van der Waals surface area (Å²) in [6.45, 7) is 1.32. The highest BCUT2D eigenvalue weighted by molar-refractivity contribution is 5.83. The molecule has 2 amide bonds. The Balaban J connectivity index is 2.59. The van der Waals surface area contributed by atoms with E-state index in [0.29, 0.717) is 6.54 Å². The summed E-state index contributed by atoms with van der Waals surface area (Å²) in [5, 5.41) is 20.1. The van der Waals surface area contributed by atoms with E-state index in [-0.39, 0.29) is 18.9 Å². The highest BCUT2D eigenvalue weighted by atomic mass is 16.4. The van der Waals surface area contributed by atoms with Crippen molar-refractivity contribution in [3.05, 3.63) is 0 Å². The summed E-state index contributed by atoms with van der Waals surface area (Å²) in [7, 11) is 3.84. The molecule has 8 heteroatoms. The second kappa shape index (κ2) is 7.82. The Morgan fingerprint density at radius 2 is 2.00 bits per heavy atom. The van der Waals surface area contributed by atoms with Crippen molar-refractivity contribution in [2.45, 2.75) is 37.8 Å². The van der Waals surface area contributed by atoms with Gasteiger partial charge in [0.1, 0.15) is 6.04 Å². The number of likely N-dealkylation sites (N-methyl/N-ethyl adjacent to an activating group) is 1. The summed E-state index contributed by atoms with van der Waals surface area (Å²) in [6.07, 6.45) is 1.36. The van der Waals surface area contributed by atoms with E-state index < -0.39 is 24.0 Å². The van der Waals surface area contributed by atoms with E-state index in [2.05, 4.69) is 5.32 Å². The van der Waals surface area contributed by atoms with Crippen LogP contribution in [-0.2, 0) is 9.59 Å². The fourth-order valence-corrected chi connectivity index (χ4v) is 2.47. The van der Waals surface area contributed by atoms with Gasteiger partial charge in [-0.05, 0) is 33.4 Å². The number of amides is 2. The predicted octanol–water partition coefficient (Wildman–Crippen LogP) is 0.0400. The van der Waals surface area contributed by atoms with Crippen LogP contribution in [0.2, 0.25) is 0 Å². The van der Waals surface area contributed by atoms with E-state index in [9.17, 15) is 14.4 Å². The van der Waals surface area contributed by atoms with Gasteiger partial charge in [0.25, 0.3) is 0 Å². The van der Waals surface area contributed by atoms with Gasteiger partial charge >= 0.3 is 18.0 Å². The van der Waals surface area contributed by atoms with E-state index in [1.165, 1.54) is 0 Å². The lowest BCUT2D eigenvalue weighted by Gasteiger charge is -2.28. The Bertz CT molecular complexity index is 399. The molecule has 2 unspecified atom stereocenters. The summed E-state index contributed by atoms with van der Waals surface area (Å²) in [5.74, 6) is -2.30. The van der Waals surface area contributed by atoms with Crippen molar-refractivity contribution < 1.29 is 24.6 Å². The highest BCUT2D eigenvalue weighted by Crippen LogP contribution is 2.18. The zero-order valence-electron chi connectivity index (χ0n) is 12.4. The molecule has 1 saturated heterocycles. The number of aliphatic carboxylic acids is 2. The molecule has 0 radical (unpaired) electrons. The van der Waals surface area contributed by atoms with Crippen molar-refractivity contribution in [3.8, 4) is 0 Å². The molecule has 1 fully saturated rings. The van der Waals surface area contributed by atoms with Gasteiger partial charge < -0.3 is 25.3 Å². The molecular formula is C13H23N3O5. The third-order valence-corrected chi connectivity index (χ3v) is 3.46. The molecule has 2 atom stereocenters. The van der Waals surface area contributed by atoms with Gasteiger partial charge in [0.05, 0.1) is 0 Å². The van der Waals surface area contributed by atoms with E-state index >= 15 is 0 Å². The van der Waals surface area contributed by atoms with Crippen molar-refractivity contribution in [2.75, 3.05) is 27.2 Å². The minimum absolute atomic E-state index is 0.0638. The van der Waals surface area contributed by atoms with Gasteiger partial charge in [-0.25, -0.2) is 9.59 Å². The van der Waals surface area contributed by atoms with Crippen molar-refractivity contribution in [1.82, 2.24) is 15.1 Å². The number of carboxylic acids is 2. The van der Waals surface area contributed by atoms with E-state index in [1.807, 2.05) is 19.0 Å². The van der Waals surface area contributed by atoms with E-state index in [4.69, 9.17) is 10.2 Å². The van der Waals surface area contributed by atoms with Crippen molar-refractivity contribution >= 4 is 18.0 Å². The lowest BCUT2D eigenvalue weighted by molar-refractivity contribution is -0.140. The molecule has 0 aromatic heterocycles. The van der Waals surface area contributed by atoms with Crippen LogP contribution in [0.15, 0.2) is 0 Å². The van der Waals surface area contributed by atoms with Crippen molar-refractivity contribution in [2.24, 2.45) is 0 Å². The molecule has 0 spiro atoms. The fourth-order valence-electron chi connectivity index (χ4n) is 2.47. The van der Waals surface area contributed by atoms with Crippen LogP contribution in [-0.4, -0.2) is 77.3 Å². The second-order valence-electron chi connectivity index (χ2n) is 5.52. The van der Waals surface area contributed by atoms with Crippen LogP contribution in [0.3, 0.4) is 0 Å². The third-order valence-electron chi connectivity index (χ3n) is 3.46. The van der Waals surface area contributed by atoms with E-state index in [1.54, 1.807) is 4.90 Å². The first-order chi connectivity index (χ1) is 9.81. The number of carbonyl (C=O) groups is 3. The average molecular weight is 301 g/mol. The molecule has 1 aliphatic heterocycles. The summed E-state index contributed by atoms with van der Waals surface area (Å²) in [6, 6.07) is -1.54. The van der Waals surface area contributed by atoms with Crippen LogP contribution in [0.4, 0.5) is 4.79 Å². The number of urea groups is 1. The van der Waals surface area contributed by atoms with Gasteiger partial charge in [0.15, 0.2) is 0 Å². The highest BCUT2D eigenvalue weighted by Gasteiger charge is 2.31. The van der Waals surface area contributed by atoms with Gasteiger partial charge in [0, 0.05) is 25.6 Å². The standard InChI is InChI=1S/C13H23N3O5/c1-15(2)8-9-4-3-7-16(9)13(21)14-10(12(19)20)5-6-11(17)18/h9-10H,3-8H2,1-2H3,(H,14,21)(H,17,18)(H,19,20). The molecule has 1 heterocycles. The lowest BCUT2D eigenvalue weighted by Crippen LogP contribution is -2.51. The summed E-state index contributed by atoms with van der Waals surface area (Å²) >= 11 is 0. The maximum absolute atomic E-state index is 12.2. The number of nitrogens with zero attached hydrogens (tertiary/aromatic N) is 2. The summed E-state index contributed by atoms with van der Waals surface area (Å²) < 4.78 is 0. The zero-order valence-corrected chi connectivity index (χ0v) is 12.4. The van der Waals surface area contributed by atoms with Gasteiger partial charge in [-0.3, -0.25) is 4.79 Å². The fraction of sp³-hybridized carbons (Fsp3) is 0.769. The lowest BCUT2D eigenvalue weighted by atomic mass is 10.1. The molecule has 0 aromatic carbocycles. The molecule has 0 aliphatic carbocycles. The first-order valence-corrected chi connectivity index (χ1v) is 6.97. The second-order valence-corrected chi connectivity index (χ2v) is 5.52. The number of carboxylic acid groups (broad SMARTS) is 2. The largest absolute Gasteiger partial charge is 0.481 e. The molecule has 8 nitrogen and oxygen atoms in total. The third kappa shape index (κ3) is 5.58. The zero-order chi connectivity index (χ0) is 16.0. The van der Waals surface area contributed by atoms with Gasteiger partial charge in [-0.2, -0.15) is 0 Å². The number of rotatable bonds is 7. The minimum atomic E-state index is -1.21. The normalized spacial score (nSPS) is 19.6. The summed E-state index contributed by atoms with van der Waals surface area (Å²) in [5.41, 5.74) is 0. The maximum Gasteiger partial charge on any atom is 0.326 e. The van der Waals surface area contributed by atoms with Crippen molar-refractivity contribution in [3.63, 3.8) is 0 Å². The number of hydrogen-bond acceptors (Lipinski definition) is 4. The Morgan fingerprint density at radius 1 is 1.33 bits per heavy atom. The Hall–Kier alpha value is -1.83. The molecule has 3 N–H and O–H groups in total. The van der Waals surface area contributed by atoms with Gasteiger partial charge in [-0.1, -0.05) is 0 Å². The molecule has 0 saturated carbocycles. The summed E-state index contributed by atoms with van der Waals surface area (Å²) in [4.78, 5) is 37.4. The number of likely N-dealkylation sites (tertiary alicyclic amines) is 1. The SMILES string of the molecule is CN(C)CC1CCCN1C(=O)NC(CCC(=O)O)C(=O)O. The van der Waals surface area contributed by atoms with Crippen molar-refractivity contribution in [1.29, 1.82) is 0 Å². The number of hydrogen-bond donors (Lipinski definition) is 3. The molecule has 0 aromatic rings. The molecule has 21 heavy (non-hydrogen) atoms. The molecule has 1 rings (SSSR count). The molecule has 1 aliphatic rings. The Morgan fingerprint density at radius 3 is 2.52 bits per heavy atom. The maximum atomic E-state index is 12.2. The Labute approximate surface area is 123 Å². The van der Waals surface area contributed by atoms with Crippen LogP contribution in [0, 0.1) is 0 Å². The van der Waals surface area contributed by atoms with E-state index in [0.717, 1.165) is 19.4 Å². The smallest absolute Gasteiger partial charge is 0.326 e. The minimum Gasteiger partial charge on any atom is -0.481 e. The predicted molar refractivity (Wildman–Crippen MR) is 75.1 cm³/mol. The molecule has 0 bridgehead atoms. The van der Waals surface area contributed by atoms with Gasteiger partial charge in [0.2, 0.25) is 0 Å². The van der Waals surface area contributed by atoms with Crippen LogP contribution >= 0.6 is 0 Å². The topological polar surface area (TPSA) is 110 Å². The number of carbonyl (C=O) groups excluding carboxylic acids is 1. The molecule has 120 valence electrons. The van der Waals surface area contributed by atoms with Crippen LogP contribution < -0.4 is 5.32 Å². The van der Waals surface area contributed by atoms with Crippen LogP contribution in [0.25, 0.3) is 0 Å². The average Bonchev–Trinajstić information content (AvgIpc) is 2.80. The van der Waals surface area contributed by atoms with Gasteiger partial charge in [-0.15, -0.1) is 0 Å². The first-order valence-electron chi connectivity index (χ1n) is 6.97. The van der Waals surface area contributed by atoms with Crippen LogP contribution in [0.1, 0.15) is 25.7 Å². The first kappa shape index (κ1) is 17.2. The quantitative estimate of drug-likeness (QED) is 0.612. The molecular weight excluding hydrogens is 278 g/mol. The Kier molecular flexibility index (Phi) is 6.41. The van der Waals surface area contributed by atoms with Crippen LogP contribution in [0.5, 0.6) is 0 Å².